The van der Waals surface area contributed by atoms with E-state index in [1.165, 1.54) is 0 Å². The third kappa shape index (κ3) is 2.47. The Bertz CT molecular complexity index is 352. The Hall–Kier alpha value is 0.440. The molecule has 1 rings (SSSR count). The average Bonchev–Trinajstić information content (AvgIpc) is 2.13. The Morgan fingerprint density at radius 3 is 2.62 bits per heavy atom. The maximum atomic E-state index is 11.2. The lowest BCUT2D eigenvalue weighted by molar-refractivity contribution is 0.101. The Kier molecular flexibility index (Phi) is 4.24. The first-order valence-electron chi connectivity index (χ1n) is 3.34. The van der Waals surface area contributed by atoms with Gasteiger partial charge < -0.3 is 5.11 Å². The van der Waals surface area contributed by atoms with E-state index in [1.807, 2.05) is 22.6 Å². The molecule has 70 valence electrons. The number of ketones is 1. The van der Waals surface area contributed by atoms with E-state index in [4.69, 9.17) is 11.6 Å². The number of phenolic OH excluding ortho intramolecular Hbond substituents is 1. The first-order valence-corrected chi connectivity index (χ1v) is 6.03. The van der Waals surface area contributed by atoms with Crippen molar-refractivity contribution in [1.29, 1.82) is 0 Å². The van der Waals surface area contributed by atoms with Crippen molar-refractivity contribution in [2.75, 3.05) is 5.88 Å². The molecule has 0 fully saturated rings. The fraction of sp³-hybridized carbons (Fsp3) is 0.125. The molecule has 5 heteroatoms. The van der Waals surface area contributed by atoms with Crippen LogP contribution in [0.3, 0.4) is 0 Å². The molecule has 0 saturated carbocycles. The van der Waals surface area contributed by atoms with Gasteiger partial charge in [0.2, 0.25) is 0 Å². The maximum absolute atomic E-state index is 11.2. The number of phenols is 1. The van der Waals surface area contributed by atoms with Gasteiger partial charge in [-0.1, -0.05) is 0 Å². The van der Waals surface area contributed by atoms with Crippen LogP contribution in [0.15, 0.2) is 12.1 Å². The van der Waals surface area contributed by atoms with Crippen molar-refractivity contribution in [3.8, 4) is 5.75 Å². The molecule has 2 nitrogen and oxygen atoms in total. The second-order valence-electron chi connectivity index (χ2n) is 2.31. The van der Waals surface area contributed by atoms with Gasteiger partial charge in [0.1, 0.15) is 5.75 Å². The molecule has 1 aromatic rings. The maximum Gasteiger partial charge on any atom is 0.181 e. The van der Waals surface area contributed by atoms with Gasteiger partial charge in [0.25, 0.3) is 0 Å². The summed E-state index contributed by atoms with van der Waals surface area (Å²) in [5.74, 6) is -0.337. The molecule has 13 heavy (non-hydrogen) atoms. The first kappa shape index (κ1) is 11.5. The van der Waals surface area contributed by atoms with Gasteiger partial charge in [-0.05, 0) is 57.3 Å². The Labute approximate surface area is 108 Å². The zero-order valence-electron chi connectivity index (χ0n) is 6.35. The predicted octanol–water partition coefficient (Wildman–Crippen LogP) is 3.02. The van der Waals surface area contributed by atoms with E-state index in [0.29, 0.717) is 9.13 Å². The number of carbonyl (C=O) groups excluding carboxylic acids is 1. The van der Waals surface area contributed by atoms with E-state index in [-0.39, 0.29) is 17.4 Å². The molecule has 0 aliphatic heterocycles. The van der Waals surface area contributed by atoms with Gasteiger partial charge in [-0.2, -0.15) is 0 Å². The van der Waals surface area contributed by atoms with Crippen LogP contribution < -0.4 is 0 Å². The first-order chi connectivity index (χ1) is 6.07. The van der Waals surface area contributed by atoms with E-state index >= 15 is 0 Å². The molecule has 0 aliphatic rings. The Morgan fingerprint density at radius 1 is 1.46 bits per heavy atom. The number of alkyl halides is 1. The zero-order valence-corrected chi connectivity index (χ0v) is 11.4. The van der Waals surface area contributed by atoms with Crippen molar-refractivity contribution >= 4 is 62.6 Å². The number of benzene rings is 1. The second-order valence-corrected chi connectivity index (χ2v) is 4.82. The van der Waals surface area contributed by atoms with Crippen LogP contribution in [0, 0.1) is 7.14 Å². The molecule has 0 amide bonds. The monoisotopic (exact) mass is 422 g/mol. The molecule has 0 aliphatic carbocycles. The van der Waals surface area contributed by atoms with E-state index in [2.05, 4.69) is 22.6 Å². The van der Waals surface area contributed by atoms with Gasteiger partial charge in [0.15, 0.2) is 5.78 Å². The van der Waals surface area contributed by atoms with Crippen LogP contribution in [0.4, 0.5) is 0 Å². The van der Waals surface area contributed by atoms with Crippen molar-refractivity contribution in [3.63, 3.8) is 0 Å². The van der Waals surface area contributed by atoms with Gasteiger partial charge in [0, 0.05) is 3.57 Å². The van der Waals surface area contributed by atoms with Crippen LogP contribution in [-0.2, 0) is 0 Å². The zero-order chi connectivity index (χ0) is 10.0. The Balaban J connectivity index is 3.26. The lowest BCUT2D eigenvalue weighted by Crippen LogP contribution is -2.02. The molecule has 0 atom stereocenters. The molecule has 1 aromatic carbocycles. The highest BCUT2D eigenvalue weighted by molar-refractivity contribution is 14.1. The Morgan fingerprint density at radius 2 is 2.08 bits per heavy atom. The van der Waals surface area contributed by atoms with Crippen LogP contribution >= 0.6 is 56.8 Å². The fourth-order valence-electron chi connectivity index (χ4n) is 0.837. The standard InChI is InChI=1S/C8H5ClI2O2/c9-3-6(12)4-1-2-5(10)7(11)8(4)13/h1-2,13H,3H2. The summed E-state index contributed by atoms with van der Waals surface area (Å²) >= 11 is 9.47. The van der Waals surface area contributed by atoms with Gasteiger partial charge >= 0.3 is 0 Å². The number of Topliss-reactive ketones (excluding diaryl/α,β-unsaturated/α-hetero) is 1. The van der Waals surface area contributed by atoms with E-state index in [0.717, 1.165) is 3.57 Å². The highest BCUT2D eigenvalue weighted by Crippen LogP contribution is 2.28. The minimum absolute atomic E-state index is 0.0261. The second kappa shape index (κ2) is 4.79. The van der Waals surface area contributed by atoms with Gasteiger partial charge in [-0.3, -0.25) is 4.79 Å². The van der Waals surface area contributed by atoms with Crippen molar-refractivity contribution in [1.82, 2.24) is 0 Å². The van der Waals surface area contributed by atoms with Crippen LogP contribution in [0.1, 0.15) is 10.4 Å². The minimum Gasteiger partial charge on any atom is -0.506 e. The fourth-order valence-corrected chi connectivity index (χ4v) is 1.89. The SMILES string of the molecule is O=C(CCl)c1ccc(I)c(I)c1O. The van der Waals surface area contributed by atoms with Crippen molar-refractivity contribution in [2.45, 2.75) is 0 Å². The largest absolute Gasteiger partial charge is 0.506 e. The summed E-state index contributed by atoms with van der Waals surface area (Å²) in [4.78, 5) is 11.2. The summed E-state index contributed by atoms with van der Waals surface area (Å²) in [5, 5.41) is 9.59. The average molecular weight is 422 g/mol. The number of rotatable bonds is 2. The summed E-state index contributed by atoms with van der Waals surface area (Å²) in [5.41, 5.74) is 0.291. The topological polar surface area (TPSA) is 37.3 Å². The third-order valence-corrected chi connectivity index (χ3v) is 4.76. The third-order valence-electron chi connectivity index (χ3n) is 1.49. The lowest BCUT2D eigenvalue weighted by Gasteiger charge is -2.04. The van der Waals surface area contributed by atoms with Crippen LogP contribution in [0.5, 0.6) is 5.75 Å². The van der Waals surface area contributed by atoms with Gasteiger partial charge in [0.05, 0.1) is 15.0 Å². The molecule has 0 spiro atoms. The number of hydrogen-bond donors (Lipinski definition) is 1. The van der Waals surface area contributed by atoms with Crippen molar-refractivity contribution < 1.29 is 9.90 Å². The summed E-state index contributed by atoms with van der Waals surface area (Å²) in [6, 6.07) is 3.37. The quantitative estimate of drug-likeness (QED) is 0.452. The minimum atomic E-state index is -0.256. The number of hydrogen-bond acceptors (Lipinski definition) is 2. The number of halogens is 3. The molecule has 0 saturated heterocycles. The van der Waals surface area contributed by atoms with Crippen LogP contribution in [0.25, 0.3) is 0 Å². The number of carbonyl (C=O) groups is 1. The smallest absolute Gasteiger partial charge is 0.181 e. The molecular formula is C8H5ClI2O2. The molecule has 0 bridgehead atoms. The van der Waals surface area contributed by atoms with Crippen molar-refractivity contribution in [3.05, 3.63) is 24.8 Å². The normalized spacial score (nSPS) is 10.1. The van der Waals surface area contributed by atoms with E-state index < -0.39 is 0 Å². The predicted molar refractivity (Wildman–Crippen MR) is 68.6 cm³/mol. The van der Waals surface area contributed by atoms with Crippen LogP contribution in [-0.4, -0.2) is 16.8 Å². The molecule has 1 N–H and O–H groups in total. The molecule has 0 heterocycles. The highest BCUT2D eigenvalue weighted by atomic mass is 127. The van der Waals surface area contributed by atoms with E-state index in [9.17, 15) is 9.90 Å². The van der Waals surface area contributed by atoms with Gasteiger partial charge in [-0.25, -0.2) is 0 Å². The van der Waals surface area contributed by atoms with Crippen molar-refractivity contribution in [2.24, 2.45) is 0 Å². The molecule has 0 radical (unpaired) electrons. The van der Waals surface area contributed by atoms with E-state index in [1.54, 1.807) is 12.1 Å². The summed E-state index contributed by atoms with van der Waals surface area (Å²) in [6.07, 6.45) is 0. The van der Waals surface area contributed by atoms with Crippen LogP contribution in [0.2, 0.25) is 0 Å². The van der Waals surface area contributed by atoms with Gasteiger partial charge in [-0.15, -0.1) is 11.6 Å². The highest BCUT2D eigenvalue weighted by Gasteiger charge is 2.13. The molecular weight excluding hydrogens is 417 g/mol. The summed E-state index contributed by atoms with van der Waals surface area (Å²) in [6.45, 7) is 0. The molecule has 0 aromatic heterocycles. The summed E-state index contributed by atoms with van der Waals surface area (Å²) in [7, 11) is 0. The lowest BCUT2D eigenvalue weighted by atomic mass is 10.1. The number of aromatic hydroxyl groups is 1. The summed E-state index contributed by atoms with van der Waals surface area (Å²) < 4.78 is 1.61. The molecule has 0 unspecified atom stereocenters.